The van der Waals surface area contributed by atoms with Crippen LogP contribution in [0.2, 0.25) is 0 Å². The van der Waals surface area contributed by atoms with Gasteiger partial charge in [-0.05, 0) is 69.1 Å². The first kappa shape index (κ1) is 24.9. The highest BCUT2D eigenvalue weighted by Crippen LogP contribution is 2.23. The molecule has 2 heterocycles. The predicted octanol–water partition coefficient (Wildman–Crippen LogP) is 3.72. The molecule has 4 rings (SSSR count). The van der Waals surface area contributed by atoms with E-state index in [4.69, 9.17) is 0 Å². The van der Waals surface area contributed by atoms with Crippen molar-refractivity contribution in [1.82, 2.24) is 25.0 Å². The van der Waals surface area contributed by atoms with Gasteiger partial charge in [-0.3, -0.25) is 19.1 Å². The molecule has 0 atom stereocenters. The Labute approximate surface area is 210 Å². The van der Waals surface area contributed by atoms with E-state index in [0.717, 1.165) is 48.0 Å². The van der Waals surface area contributed by atoms with Crippen LogP contribution in [0.1, 0.15) is 36.2 Å². The third-order valence-electron chi connectivity index (χ3n) is 6.19. The van der Waals surface area contributed by atoms with Crippen LogP contribution in [0.5, 0.6) is 0 Å². The number of carbonyl (C=O) groups is 2. The molecule has 9 heteroatoms. The second-order valence-corrected chi connectivity index (χ2v) is 9.71. The van der Waals surface area contributed by atoms with Gasteiger partial charge in [0.25, 0.3) is 0 Å². The number of nitrogens with zero attached hydrogens (tertiary/aromatic N) is 4. The van der Waals surface area contributed by atoms with Gasteiger partial charge in [0, 0.05) is 11.4 Å². The van der Waals surface area contributed by atoms with Crippen LogP contribution in [0.15, 0.2) is 53.7 Å². The van der Waals surface area contributed by atoms with Gasteiger partial charge in [0.1, 0.15) is 0 Å². The first-order valence-corrected chi connectivity index (χ1v) is 13.0. The van der Waals surface area contributed by atoms with Gasteiger partial charge in [0.05, 0.1) is 18.8 Å². The zero-order chi connectivity index (χ0) is 24.6. The lowest BCUT2D eigenvalue weighted by Crippen LogP contribution is -2.34. The number of benzene rings is 2. The maximum atomic E-state index is 12.5. The molecule has 3 aromatic rings. The minimum absolute atomic E-state index is 0.0850. The zero-order valence-corrected chi connectivity index (χ0v) is 21.1. The fraction of sp³-hybridized carbons (Fsp3) is 0.385. The van der Waals surface area contributed by atoms with Crippen molar-refractivity contribution in [2.75, 3.05) is 30.7 Å². The number of nitrogens with one attached hydrogen (secondary N) is 2. The van der Waals surface area contributed by atoms with Crippen LogP contribution in [-0.2, 0) is 16.1 Å². The molecule has 2 aromatic carbocycles. The molecule has 0 saturated carbocycles. The van der Waals surface area contributed by atoms with Crippen molar-refractivity contribution in [2.45, 2.75) is 44.8 Å². The number of aromatic nitrogens is 3. The number of hydrogen-bond acceptors (Lipinski definition) is 6. The number of anilines is 1. The lowest BCUT2D eigenvalue weighted by molar-refractivity contribution is -0.122. The SMILES string of the molecule is Cc1cccc(NC(=O)CNC(=O)CSc2nnc(CN3CCCCC3)n2-c2ccccc2)c1C. The van der Waals surface area contributed by atoms with Gasteiger partial charge < -0.3 is 10.6 Å². The number of aryl methyl sites for hydroxylation is 1. The number of piperidine rings is 1. The Balaban J connectivity index is 1.35. The predicted molar refractivity (Wildman–Crippen MR) is 139 cm³/mol. The Kier molecular flexibility index (Phi) is 8.54. The van der Waals surface area contributed by atoms with E-state index in [1.54, 1.807) is 0 Å². The van der Waals surface area contributed by atoms with E-state index in [2.05, 4.69) is 25.7 Å². The minimum Gasteiger partial charge on any atom is -0.346 e. The lowest BCUT2D eigenvalue weighted by atomic mass is 10.1. The van der Waals surface area contributed by atoms with Crippen molar-refractivity contribution in [3.05, 3.63) is 65.5 Å². The highest BCUT2D eigenvalue weighted by atomic mass is 32.2. The summed E-state index contributed by atoms with van der Waals surface area (Å²) in [6, 6.07) is 15.7. The molecule has 0 radical (unpaired) electrons. The monoisotopic (exact) mass is 492 g/mol. The zero-order valence-electron chi connectivity index (χ0n) is 20.3. The van der Waals surface area contributed by atoms with E-state index in [1.807, 2.05) is 66.9 Å². The highest BCUT2D eigenvalue weighted by molar-refractivity contribution is 7.99. The molecule has 1 aliphatic heterocycles. The fourth-order valence-corrected chi connectivity index (χ4v) is 4.89. The number of likely N-dealkylation sites (tertiary alicyclic amines) is 1. The third kappa shape index (κ3) is 6.70. The summed E-state index contributed by atoms with van der Waals surface area (Å²) in [5.41, 5.74) is 3.85. The molecule has 2 N–H and O–H groups in total. The second-order valence-electron chi connectivity index (χ2n) is 8.77. The maximum Gasteiger partial charge on any atom is 0.243 e. The fourth-order valence-electron chi connectivity index (χ4n) is 4.09. The summed E-state index contributed by atoms with van der Waals surface area (Å²) in [6.45, 7) is 6.73. The molecule has 184 valence electrons. The Hall–Kier alpha value is -3.17. The van der Waals surface area contributed by atoms with Gasteiger partial charge in [0.2, 0.25) is 11.8 Å². The third-order valence-corrected chi connectivity index (χ3v) is 7.11. The molecule has 2 amide bonds. The molecule has 8 nitrogen and oxygen atoms in total. The Morgan fingerprint density at radius 3 is 2.49 bits per heavy atom. The van der Waals surface area contributed by atoms with Crippen LogP contribution in [0.3, 0.4) is 0 Å². The molecule has 1 aromatic heterocycles. The van der Waals surface area contributed by atoms with Crippen LogP contribution in [0.4, 0.5) is 5.69 Å². The van der Waals surface area contributed by atoms with Crippen molar-refractivity contribution < 1.29 is 9.59 Å². The van der Waals surface area contributed by atoms with E-state index >= 15 is 0 Å². The number of hydrogen-bond donors (Lipinski definition) is 2. The molecule has 35 heavy (non-hydrogen) atoms. The van der Waals surface area contributed by atoms with Crippen LogP contribution < -0.4 is 10.6 Å². The van der Waals surface area contributed by atoms with Gasteiger partial charge in [-0.25, -0.2) is 0 Å². The van der Waals surface area contributed by atoms with Gasteiger partial charge in [-0.2, -0.15) is 0 Å². The summed E-state index contributed by atoms with van der Waals surface area (Å²) < 4.78 is 2.03. The number of para-hydroxylation sites is 1. The number of rotatable bonds is 9. The van der Waals surface area contributed by atoms with Crippen molar-refractivity contribution >= 4 is 29.3 Å². The molecule has 1 saturated heterocycles. The van der Waals surface area contributed by atoms with Crippen LogP contribution in [0, 0.1) is 13.8 Å². The topological polar surface area (TPSA) is 92.2 Å². The van der Waals surface area contributed by atoms with Crippen molar-refractivity contribution in [2.24, 2.45) is 0 Å². The Bertz CT molecular complexity index is 1160. The molecule has 1 aliphatic rings. The first-order valence-electron chi connectivity index (χ1n) is 12.0. The standard InChI is InChI=1S/C26H32N6O2S/c1-19-10-9-13-22(20(19)2)28-24(33)16-27-25(34)18-35-26-30-29-23(17-31-14-7-4-8-15-31)32(26)21-11-5-3-6-12-21/h3,5-6,9-13H,4,7-8,14-18H2,1-2H3,(H,27,34)(H,28,33). The summed E-state index contributed by atoms with van der Waals surface area (Å²) in [4.78, 5) is 27.2. The van der Waals surface area contributed by atoms with E-state index in [1.165, 1.54) is 31.0 Å². The van der Waals surface area contributed by atoms with Crippen molar-refractivity contribution in [3.63, 3.8) is 0 Å². The molecule has 0 spiro atoms. The number of thioether (sulfide) groups is 1. The number of carbonyl (C=O) groups excluding carboxylic acids is 2. The first-order chi connectivity index (χ1) is 17.0. The maximum absolute atomic E-state index is 12.5. The van der Waals surface area contributed by atoms with E-state index < -0.39 is 0 Å². The summed E-state index contributed by atoms with van der Waals surface area (Å²) in [5.74, 6) is 0.527. The smallest absolute Gasteiger partial charge is 0.243 e. The Morgan fingerprint density at radius 2 is 1.71 bits per heavy atom. The minimum atomic E-state index is -0.256. The van der Waals surface area contributed by atoms with Crippen LogP contribution >= 0.6 is 11.8 Å². The molecule has 0 bridgehead atoms. The van der Waals surface area contributed by atoms with Crippen LogP contribution in [-0.4, -0.2) is 56.9 Å². The average molecular weight is 493 g/mol. The molecule has 1 fully saturated rings. The molecular formula is C26H32N6O2S. The van der Waals surface area contributed by atoms with Gasteiger partial charge in [-0.15, -0.1) is 10.2 Å². The largest absolute Gasteiger partial charge is 0.346 e. The molecule has 0 aliphatic carbocycles. The van der Waals surface area contributed by atoms with Gasteiger partial charge >= 0.3 is 0 Å². The van der Waals surface area contributed by atoms with Gasteiger partial charge in [-0.1, -0.05) is 48.5 Å². The summed E-state index contributed by atoms with van der Waals surface area (Å²) in [5, 5.41) is 15.1. The summed E-state index contributed by atoms with van der Waals surface area (Å²) in [6.07, 6.45) is 3.69. The normalized spacial score (nSPS) is 14.0. The average Bonchev–Trinajstić information content (AvgIpc) is 3.27. The van der Waals surface area contributed by atoms with E-state index in [-0.39, 0.29) is 24.1 Å². The van der Waals surface area contributed by atoms with E-state index in [9.17, 15) is 9.59 Å². The Morgan fingerprint density at radius 1 is 0.943 bits per heavy atom. The van der Waals surface area contributed by atoms with Crippen molar-refractivity contribution in [1.29, 1.82) is 0 Å². The summed E-state index contributed by atoms with van der Waals surface area (Å²) >= 11 is 1.32. The van der Waals surface area contributed by atoms with E-state index in [0.29, 0.717) is 5.16 Å². The second kappa shape index (κ2) is 12.0. The number of amides is 2. The lowest BCUT2D eigenvalue weighted by Gasteiger charge is -2.26. The van der Waals surface area contributed by atoms with Crippen molar-refractivity contribution in [3.8, 4) is 5.69 Å². The molecule has 0 unspecified atom stereocenters. The quantitative estimate of drug-likeness (QED) is 0.443. The van der Waals surface area contributed by atoms with Crippen LogP contribution in [0.25, 0.3) is 5.69 Å². The summed E-state index contributed by atoms with van der Waals surface area (Å²) in [7, 11) is 0. The highest BCUT2D eigenvalue weighted by Gasteiger charge is 2.19. The van der Waals surface area contributed by atoms with Gasteiger partial charge in [0.15, 0.2) is 11.0 Å². The molecular weight excluding hydrogens is 460 g/mol.